The number of nitrogens with zero attached hydrogens (tertiary/aromatic N) is 1. The van der Waals surface area contributed by atoms with E-state index in [2.05, 4.69) is 10.5 Å². The zero-order valence-corrected chi connectivity index (χ0v) is 10.7. The first-order valence-corrected chi connectivity index (χ1v) is 6.55. The normalized spacial score (nSPS) is 18.2. The summed E-state index contributed by atoms with van der Waals surface area (Å²) in [6, 6.07) is 8.71. The summed E-state index contributed by atoms with van der Waals surface area (Å²) >= 11 is 0. The lowest BCUT2D eigenvalue weighted by molar-refractivity contribution is -0.125. The number of rotatable bonds is 4. The molecule has 0 aliphatic heterocycles. The van der Waals surface area contributed by atoms with E-state index in [-0.39, 0.29) is 17.7 Å². The summed E-state index contributed by atoms with van der Waals surface area (Å²) in [6.07, 6.45) is 4.03. The maximum absolute atomic E-state index is 12.1. The van der Waals surface area contributed by atoms with Gasteiger partial charge in [0.15, 0.2) is 5.84 Å². The summed E-state index contributed by atoms with van der Waals surface area (Å²) in [5.41, 5.74) is 6.49. The zero-order valence-electron chi connectivity index (χ0n) is 10.7. The third-order valence-corrected chi connectivity index (χ3v) is 3.56. The topological polar surface area (TPSA) is 87.7 Å². The van der Waals surface area contributed by atoms with Gasteiger partial charge in [0.2, 0.25) is 5.91 Å². The average molecular weight is 261 g/mol. The Balaban J connectivity index is 2.12. The lowest BCUT2D eigenvalue weighted by atomic mass is 10.0. The molecule has 102 valence electrons. The van der Waals surface area contributed by atoms with E-state index >= 15 is 0 Å². The Morgan fingerprint density at radius 1 is 1.32 bits per heavy atom. The van der Waals surface area contributed by atoms with Gasteiger partial charge in [-0.05, 0) is 18.4 Å². The first-order chi connectivity index (χ1) is 9.22. The van der Waals surface area contributed by atoms with Gasteiger partial charge in [0.05, 0.1) is 0 Å². The molecule has 2 rings (SSSR count). The van der Waals surface area contributed by atoms with E-state index in [0.29, 0.717) is 0 Å². The lowest BCUT2D eigenvalue weighted by Crippen LogP contribution is -2.40. The van der Waals surface area contributed by atoms with E-state index in [1.54, 1.807) is 0 Å². The molecule has 0 aromatic heterocycles. The number of hydrogen-bond acceptors (Lipinski definition) is 3. The van der Waals surface area contributed by atoms with Crippen LogP contribution in [0, 0.1) is 5.92 Å². The van der Waals surface area contributed by atoms with Crippen molar-refractivity contribution in [2.75, 3.05) is 0 Å². The summed E-state index contributed by atoms with van der Waals surface area (Å²) < 4.78 is 0. The van der Waals surface area contributed by atoms with E-state index in [0.717, 1.165) is 31.2 Å². The minimum atomic E-state index is -0.570. The minimum absolute atomic E-state index is 0.00227. The summed E-state index contributed by atoms with van der Waals surface area (Å²) in [7, 11) is 0. The van der Waals surface area contributed by atoms with E-state index < -0.39 is 6.04 Å². The Hall–Kier alpha value is -2.04. The van der Waals surface area contributed by atoms with Gasteiger partial charge in [0, 0.05) is 5.92 Å². The highest BCUT2D eigenvalue weighted by molar-refractivity contribution is 5.91. The van der Waals surface area contributed by atoms with Crippen molar-refractivity contribution in [3.05, 3.63) is 35.9 Å². The van der Waals surface area contributed by atoms with Gasteiger partial charge in [-0.2, -0.15) is 0 Å². The zero-order chi connectivity index (χ0) is 13.7. The molecule has 0 heterocycles. The molecule has 5 nitrogen and oxygen atoms in total. The van der Waals surface area contributed by atoms with E-state index in [9.17, 15) is 4.79 Å². The van der Waals surface area contributed by atoms with Crippen LogP contribution in [-0.4, -0.2) is 17.0 Å². The third kappa shape index (κ3) is 3.24. The van der Waals surface area contributed by atoms with Crippen molar-refractivity contribution in [1.29, 1.82) is 0 Å². The van der Waals surface area contributed by atoms with Gasteiger partial charge in [-0.1, -0.05) is 48.3 Å². The first kappa shape index (κ1) is 13.4. The van der Waals surface area contributed by atoms with Crippen molar-refractivity contribution in [2.45, 2.75) is 31.7 Å². The number of nitrogens with two attached hydrogens (primary N) is 1. The monoisotopic (exact) mass is 261 g/mol. The van der Waals surface area contributed by atoms with Gasteiger partial charge >= 0.3 is 0 Å². The van der Waals surface area contributed by atoms with E-state index in [4.69, 9.17) is 10.9 Å². The van der Waals surface area contributed by atoms with Crippen LogP contribution in [0.4, 0.5) is 0 Å². The maximum atomic E-state index is 12.1. The molecule has 1 aromatic rings. The van der Waals surface area contributed by atoms with Crippen LogP contribution in [-0.2, 0) is 4.79 Å². The van der Waals surface area contributed by atoms with Gasteiger partial charge in [0.1, 0.15) is 6.04 Å². The second kappa shape index (κ2) is 6.22. The molecule has 1 aromatic carbocycles. The molecule has 1 aliphatic carbocycles. The molecular weight excluding hydrogens is 242 g/mol. The van der Waals surface area contributed by atoms with Crippen molar-refractivity contribution < 1.29 is 10.0 Å². The first-order valence-electron chi connectivity index (χ1n) is 6.55. The van der Waals surface area contributed by atoms with Gasteiger partial charge in [-0.15, -0.1) is 0 Å². The Labute approximate surface area is 112 Å². The van der Waals surface area contributed by atoms with Crippen LogP contribution < -0.4 is 11.1 Å². The maximum Gasteiger partial charge on any atom is 0.223 e. The summed E-state index contributed by atoms with van der Waals surface area (Å²) in [4.78, 5) is 12.1. The molecule has 1 unspecified atom stereocenters. The van der Waals surface area contributed by atoms with E-state index in [1.807, 2.05) is 30.3 Å². The SMILES string of the molecule is N/C(=N\O)C(NC(=O)C1CCCC1)c1ccccc1. The number of hydrogen-bond donors (Lipinski definition) is 3. The number of amides is 1. The number of carbonyl (C=O) groups excluding carboxylic acids is 1. The smallest absolute Gasteiger partial charge is 0.223 e. The van der Waals surface area contributed by atoms with Gasteiger partial charge in [-0.25, -0.2) is 0 Å². The number of carbonyl (C=O) groups is 1. The number of benzene rings is 1. The molecule has 1 saturated carbocycles. The summed E-state index contributed by atoms with van der Waals surface area (Å²) in [5, 5.41) is 14.8. The quantitative estimate of drug-likeness (QED) is 0.334. The fourth-order valence-corrected chi connectivity index (χ4v) is 2.48. The van der Waals surface area contributed by atoms with Gasteiger partial charge in [0.25, 0.3) is 0 Å². The minimum Gasteiger partial charge on any atom is -0.409 e. The third-order valence-electron chi connectivity index (χ3n) is 3.56. The highest BCUT2D eigenvalue weighted by atomic mass is 16.4. The molecule has 1 fully saturated rings. The molecule has 19 heavy (non-hydrogen) atoms. The molecule has 0 saturated heterocycles. The molecule has 1 atom stereocenters. The Morgan fingerprint density at radius 2 is 1.95 bits per heavy atom. The fraction of sp³-hybridized carbons (Fsp3) is 0.429. The van der Waals surface area contributed by atoms with E-state index in [1.165, 1.54) is 0 Å². The van der Waals surface area contributed by atoms with Crippen LogP contribution in [0.5, 0.6) is 0 Å². The second-order valence-electron chi connectivity index (χ2n) is 4.86. The molecule has 0 radical (unpaired) electrons. The van der Waals surface area contributed by atoms with Crippen LogP contribution in [0.15, 0.2) is 35.5 Å². The highest BCUT2D eigenvalue weighted by Gasteiger charge is 2.26. The molecule has 1 amide bonds. The van der Waals surface area contributed by atoms with Crippen molar-refractivity contribution in [3.8, 4) is 0 Å². The number of amidine groups is 1. The van der Waals surface area contributed by atoms with Crippen LogP contribution in [0.1, 0.15) is 37.3 Å². The van der Waals surface area contributed by atoms with Crippen LogP contribution >= 0.6 is 0 Å². The highest BCUT2D eigenvalue weighted by Crippen LogP contribution is 2.25. The summed E-state index contributed by atoms with van der Waals surface area (Å²) in [6.45, 7) is 0. The van der Waals surface area contributed by atoms with Crippen molar-refractivity contribution in [3.63, 3.8) is 0 Å². The van der Waals surface area contributed by atoms with Crippen LogP contribution in [0.2, 0.25) is 0 Å². The second-order valence-corrected chi connectivity index (χ2v) is 4.86. The Bertz CT molecular complexity index is 453. The summed E-state index contributed by atoms with van der Waals surface area (Å²) in [5.74, 6) is 0.0354. The van der Waals surface area contributed by atoms with Gasteiger partial charge < -0.3 is 16.3 Å². The van der Waals surface area contributed by atoms with Crippen molar-refractivity contribution >= 4 is 11.7 Å². The van der Waals surface area contributed by atoms with Crippen molar-refractivity contribution in [1.82, 2.24) is 5.32 Å². The van der Waals surface area contributed by atoms with Crippen LogP contribution in [0.3, 0.4) is 0 Å². The largest absolute Gasteiger partial charge is 0.409 e. The molecule has 4 N–H and O–H groups in total. The molecule has 0 spiro atoms. The fourth-order valence-electron chi connectivity index (χ4n) is 2.48. The standard InChI is InChI=1S/C14H19N3O2/c15-13(17-19)12(10-6-2-1-3-7-10)16-14(18)11-8-4-5-9-11/h1-3,6-7,11-12,19H,4-5,8-9H2,(H2,15,17)(H,16,18). The molecule has 5 heteroatoms. The predicted molar refractivity (Wildman–Crippen MR) is 72.7 cm³/mol. The predicted octanol–water partition coefficient (Wildman–Crippen LogP) is 1.78. The lowest BCUT2D eigenvalue weighted by Gasteiger charge is -2.20. The number of nitrogens with one attached hydrogen (secondary N) is 1. The Morgan fingerprint density at radius 3 is 2.53 bits per heavy atom. The molecule has 1 aliphatic rings. The van der Waals surface area contributed by atoms with Crippen molar-refractivity contribution in [2.24, 2.45) is 16.8 Å². The molecular formula is C14H19N3O2. The van der Waals surface area contributed by atoms with Gasteiger partial charge in [-0.3, -0.25) is 4.79 Å². The average Bonchev–Trinajstić information content (AvgIpc) is 2.99. The van der Waals surface area contributed by atoms with Crippen LogP contribution in [0.25, 0.3) is 0 Å². The Kier molecular flexibility index (Phi) is 4.39. The molecule has 0 bridgehead atoms. The number of oxime groups is 1.